The summed E-state index contributed by atoms with van der Waals surface area (Å²) in [5.74, 6) is 1.45. The molecule has 0 aliphatic heterocycles. The Morgan fingerprint density at radius 3 is 2.26 bits per heavy atom. The molecule has 6 heteroatoms. The summed E-state index contributed by atoms with van der Waals surface area (Å²) >= 11 is 1.84. The van der Waals surface area contributed by atoms with Crippen LogP contribution in [0.1, 0.15) is 25.0 Å². The predicted octanol–water partition coefficient (Wildman–Crippen LogP) is 10.4. The number of nitrogens with zero attached hydrogens (tertiary/aromatic N) is 5. The summed E-state index contributed by atoms with van der Waals surface area (Å²) in [6.07, 6.45) is 3.63. The monoisotopic (exact) mass is 621 g/mol. The van der Waals surface area contributed by atoms with Gasteiger partial charge in [-0.15, -0.1) is 11.3 Å². The average Bonchev–Trinajstić information content (AvgIpc) is 3.75. The van der Waals surface area contributed by atoms with Crippen molar-refractivity contribution in [1.82, 2.24) is 24.5 Å². The van der Waals surface area contributed by atoms with Crippen LogP contribution in [-0.2, 0) is 5.41 Å². The highest BCUT2D eigenvalue weighted by molar-refractivity contribution is 7.26. The number of hydrogen-bond donors (Lipinski definition) is 0. The molecule has 0 amide bonds. The third kappa shape index (κ3) is 3.64. The normalized spacial score (nSPS) is 13.5. The molecule has 5 aromatic carbocycles. The van der Waals surface area contributed by atoms with E-state index in [0.717, 1.165) is 39.2 Å². The van der Waals surface area contributed by atoms with Crippen LogP contribution in [0.4, 0.5) is 0 Å². The van der Waals surface area contributed by atoms with Crippen LogP contribution in [-0.4, -0.2) is 24.5 Å². The van der Waals surface area contributed by atoms with Crippen LogP contribution in [0.5, 0.6) is 0 Å². The van der Waals surface area contributed by atoms with Gasteiger partial charge in [-0.2, -0.15) is 0 Å². The molecule has 0 saturated heterocycles. The maximum atomic E-state index is 5.30. The molecule has 0 saturated carbocycles. The third-order valence-electron chi connectivity index (χ3n) is 9.73. The maximum Gasteiger partial charge on any atom is 0.162 e. The van der Waals surface area contributed by atoms with E-state index >= 15 is 0 Å². The van der Waals surface area contributed by atoms with Gasteiger partial charge in [0.05, 0.1) is 15.9 Å². The Balaban J connectivity index is 1.43. The first-order chi connectivity index (χ1) is 23.1. The quantitative estimate of drug-likeness (QED) is 0.197. The van der Waals surface area contributed by atoms with Gasteiger partial charge in [0.2, 0.25) is 0 Å². The van der Waals surface area contributed by atoms with Gasteiger partial charge in [0.15, 0.2) is 5.82 Å². The first-order valence-electron chi connectivity index (χ1n) is 15.8. The van der Waals surface area contributed by atoms with Gasteiger partial charge in [0.25, 0.3) is 0 Å². The van der Waals surface area contributed by atoms with Crippen molar-refractivity contribution in [3.63, 3.8) is 0 Å². The second-order valence-corrected chi connectivity index (χ2v) is 13.8. The van der Waals surface area contributed by atoms with Crippen molar-refractivity contribution in [2.75, 3.05) is 0 Å². The Morgan fingerprint density at radius 1 is 0.702 bits per heavy atom. The van der Waals surface area contributed by atoms with E-state index in [1.165, 1.54) is 47.8 Å². The first kappa shape index (κ1) is 26.5. The highest BCUT2D eigenvalue weighted by Gasteiger charge is 2.41. The van der Waals surface area contributed by atoms with Crippen molar-refractivity contribution < 1.29 is 0 Å². The van der Waals surface area contributed by atoms with Crippen molar-refractivity contribution in [1.29, 1.82) is 0 Å². The van der Waals surface area contributed by atoms with Crippen molar-refractivity contribution >= 4 is 53.4 Å². The van der Waals surface area contributed by atoms with Gasteiger partial charge >= 0.3 is 0 Å². The Morgan fingerprint density at radius 2 is 1.43 bits per heavy atom. The molecule has 0 bridgehead atoms. The van der Waals surface area contributed by atoms with E-state index in [1.54, 1.807) is 6.33 Å². The lowest BCUT2D eigenvalue weighted by molar-refractivity contribution is 0.667. The molecule has 47 heavy (non-hydrogen) atoms. The van der Waals surface area contributed by atoms with Crippen molar-refractivity contribution in [2.45, 2.75) is 19.3 Å². The summed E-state index contributed by atoms with van der Waals surface area (Å²) in [4.78, 5) is 20.0. The Bertz CT molecular complexity index is 2650. The number of benzene rings is 5. The SMILES string of the molecule is CC1(C)c2ccccc2-c2c1c1c3cncnc3n(-c3cc(-c4ccccc4)nc(-c4ccccc4)n3)c1c1sc3ccccc3c21. The molecule has 0 N–H and O–H groups in total. The van der Waals surface area contributed by atoms with E-state index in [0.29, 0.717) is 5.82 Å². The van der Waals surface area contributed by atoms with Gasteiger partial charge in [-0.3, -0.25) is 4.57 Å². The standard InChI is InChI=1S/C41H27N5S/c1-41(2)29-19-11-9-17-26(29)33-34-27-18-10-12-20-31(27)47-38(34)37-35(36(33)41)28-22-42-23-43-40(28)46(37)32-21-30(24-13-5-3-6-14-24)44-39(45-32)25-15-7-4-8-16-25/h3-23H,1-2H3. The molecule has 0 atom stereocenters. The highest BCUT2D eigenvalue weighted by Crippen LogP contribution is 2.58. The molecule has 10 rings (SSSR count). The van der Waals surface area contributed by atoms with Crippen LogP contribution >= 0.6 is 11.3 Å². The molecule has 0 spiro atoms. The summed E-state index contributed by atoms with van der Waals surface area (Å²) in [7, 11) is 0. The molecule has 1 aliphatic carbocycles. The summed E-state index contributed by atoms with van der Waals surface area (Å²) in [6.45, 7) is 4.71. The number of rotatable bonds is 3. The molecule has 0 radical (unpaired) electrons. The zero-order chi connectivity index (χ0) is 31.3. The van der Waals surface area contributed by atoms with E-state index in [-0.39, 0.29) is 5.41 Å². The van der Waals surface area contributed by atoms with E-state index < -0.39 is 0 Å². The molecule has 222 valence electrons. The zero-order valence-electron chi connectivity index (χ0n) is 25.8. The molecule has 1 aliphatic rings. The minimum atomic E-state index is -0.244. The topological polar surface area (TPSA) is 56.5 Å². The second kappa shape index (κ2) is 9.64. The second-order valence-electron chi connectivity index (χ2n) is 12.7. The van der Waals surface area contributed by atoms with Crippen molar-refractivity contribution in [3.05, 3.63) is 139 Å². The maximum absolute atomic E-state index is 5.30. The smallest absolute Gasteiger partial charge is 0.162 e. The Hall–Kier alpha value is -5.72. The summed E-state index contributed by atoms with van der Waals surface area (Å²) in [6, 6.07) is 40.4. The Kier molecular flexibility index (Phi) is 5.44. The number of aromatic nitrogens is 5. The molecule has 5 nitrogen and oxygen atoms in total. The first-order valence-corrected chi connectivity index (χ1v) is 16.6. The van der Waals surface area contributed by atoms with Gasteiger partial charge < -0.3 is 0 Å². The fraction of sp³-hybridized carbons (Fsp3) is 0.0732. The molecule has 0 fully saturated rings. The van der Waals surface area contributed by atoms with E-state index in [2.05, 4.69) is 114 Å². The lowest BCUT2D eigenvalue weighted by Gasteiger charge is -2.23. The number of thiophene rings is 1. The fourth-order valence-corrected chi connectivity index (χ4v) is 8.97. The van der Waals surface area contributed by atoms with Gasteiger partial charge in [-0.25, -0.2) is 19.9 Å². The minimum Gasteiger partial charge on any atom is -0.276 e. The Labute approximate surface area is 274 Å². The van der Waals surface area contributed by atoms with Gasteiger partial charge in [-0.05, 0) is 28.3 Å². The zero-order valence-corrected chi connectivity index (χ0v) is 26.6. The minimum absolute atomic E-state index is 0.244. The molecule has 4 heterocycles. The van der Waals surface area contributed by atoms with E-state index in [9.17, 15) is 0 Å². The third-order valence-corrected chi connectivity index (χ3v) is 10.9. The lowest BCUT2D eigenvalue weighted by atomic mass is 9.80. The van der Waals surface area contributed by atoms with Crippen molar-refractivity contribution in [3.8, 4) is 39.6 Å². The number of fused-ring (bicyclic) bond motifs is 12. The van der Waals surface area contributed by atoms with Gasteiger partial charge in [0.1, 0.15) is 17.8 Å². The summed E-state index contributed by atoms with van der Waals surface area (Å²) in [5, 5.41) is 4.79. The van der Waals surface area contributed by atoms with Crippen LogP contribution in [0.15, 0.2) is 128 Å². The molecule has 4 aromatic heterocycles. The number of hydrogen-bond acceptors (Lipinski definition) is 5. The van der Waals surface area contributed by atoms with Crippen LogP contribution < -0.4 is 0 Å². The van der Waals surface area contributed by atoms with Gasteiger partial charge in [0, 0.05) is 55.0 Å². The van der Waals surface area contributed by atoms with E-state index in [1.807, 2.05) is 41.8 Å². The van der Waals surface area contributed by atoms with Crippen LogP contribution in [0.25, 0.3) is 81.7 Å². The summed E-state index contributed by atoms with van der Waals surface area (Å²) in [5.41, 5.74) is 9.87. The molecule has 9 aromatic rings. The predicted molar refractivity (Wildman–Crippen MR) is 193 cm³/mol. The molecular formula is C41H27N5S. The largest absolute Gasteiger partial charge is 0.276 e. The highest BCUT2D eigenvalue weighted by atomic mass is 32.1. The van der Waals surface area contributed by atoms with Gasteiger partial charge in [-0.1, -0.05) is 117 Å². The fourth-order valence-electron chi connectivity index (χ4n) is 7.72. The summed E-state index contributed by atoms with van der Waals surface area (Å²) < 4.78 is 4.76. The molecule has 0 unspecified atom stereocenters. The average molecular weight is 622 g/mol. The van der Waals surface area contributed by atoms with Crippen LogP contribution in [0, 0.1) is 0 Å². The lowest BCUT2D eigenvalue weighted by Crippen LogP contribution is -2.15. The van der Waals surface area contributed by atoms with Crippen LogP contribution in [0.3, 0.4) is 0 Å². The van der Waals surface area contributed by atoms with E-state index in [4.69, 9.17) is 15.0 Å². The molecular weight excluding hydrogens is 595 g/mol. The van der Waals surface area contributed by atoms with Crippen molar-refractivity contribution in [2.24, 2.45) is 0 Å². The van der Waals surface area contributed by atoms with Crippen LogP contribution in [0.2, 0.25) is 0 Å².